The molecule has 1 aliphatic heterocycles. The summed E-state index contributed by atoms with van der Waals surface area (Å²) in [5.41, 5.74) is 8.77. The van der Waals surface area contributed by atoms with Crippen LogP contribution in [0.1, 0.15) is 27.3 Å². The summed E-state index contributed by atoms with van der Waals surface area (Å²) in [6, 6.07) is 2.27. The molecule has 0 saturated carbocycles. The number of amides is 1. The molecule has 1 amide bonds. The number of pyridine rings is 1. The van der Waals surface area contributed by atoms with Crippen LogP contribution in [0.4, 0.5) is 5.69 Å². The van der Waals surface area contributed by atoms with Gasteiger partial charge in [0.25, 0.3) is 5.91 Å². The summed E-state index contributed by atoms with van der Waals surface area (Å²) < 4.78 is 0. The van der Waals surface area contributed by atoms with Gasteiger partial charge >= 0.3 is 0 Å². The van der Waals surface area contributed by atoms with Gasteiger partial charge in [0.05, 0.1) is 5.69 Å². The molecule has 0 spiro atoms. The van der Waals surface area contributed by atoms with Crippen LogP contribution in [-0.2, 0) is 0 Å². The molecule has 3 heterocycles. The Hall–Kier alpha value is -1.27. The van der Waals surface area contributed by atoms with Crippen molar-refractivity contribution >= 4 is 44.9 Å². The van der Waals surface area contributed by atoms with Crippen molar-refractivity contribution in [3.05, 3.63) is 22.2 Å². The third kappa shape index (κ3) is 2.38. The van der Waals surface area contributed by atoms with Crippen LogP contribution in [0.25, 0.3) is 10.2 Å². The summed E-state index contributed by atoms with van der Waals surface area (Å²) in [6.07, 6.45) is 1.04. The molecule has 1 fully saturated rings. The van der Waals surface area contributed by atoms with Crippen LogP contribution >= 0.6 is 23.1 Å². The maximum atomic E-state index is 12.4. The number of carbonyl (C=O) groups is 1. The molecule has 1 aliphatic rings. The van der Waals surface area contributed by atoms with Gasteiger partial charge in [0.2, 0.25) is 0 Å². The smallest absolute Gasteiger partial charge is 0.263 e. The van der Waals surface area contributed by atoms with E-state index in [1.807, 2.05) is 31.7 Å². The Morgan fingerprint density at radius 2 is 2.30 bits per heavy atom. The molecule has 20 heavy (non-hydrogen) atoms. The number of thiophene rings is 1. The molecule has 0 aromatic carbocycles. The standard InChI is InChI=1S/C14H17N3OS2/c1-7-5-8(2)16-14-10(7)11(15)12(20-14)13(18)17-9-3-4-19-6-9/h5,9H,3-4,6,15H2,1-2H3,(H,17,18). The lowest BCUT2D eigenvalue weighted by atomic mass is 10.1. The predicted molar refractivity (Wildman–Crippen MR) is 86.7 cm³/mol. The SMILES string of the molecule is Cc1cc(C)c2c(N)c(C(=O)NC3CCSC3)sc2n1. The topological polar surface area (TPSA) is 68.0 Å². The van der Waals surface area contributed by atoms with Gasteiger partial charge < -0.3 is 11.1 Å². The van der Waals surface area contributed by atoms with Crippen molar-refractivity contribution in [3.8, 4) is 0 Å². The summed E-state index contributed by atoms with van der Waals surface area (Å²) in [6.45, 7) is 3.97. The Labute approximate surface area is 126 Å². The van der Waals surface area contributed by atoms with Crippen molar-refractivity contribution in [2.75, 3.05) is 17.2 Å². The maximum Gasteiger partial charge on any atom is 0.263 e. The monoisotopic (exact) mass is 307 g/mol. The Morgan fingerprint density at radius 1 is 1.50 bits per heavy atom. The van der Waals surface area contributed by atoms with E-state index in [1.165, 1.54) is 11.3 Å². The number of hydrogen-bond donors (Lipinski definition) is 2. The first-order valence-corrected chi connectivity index (χ1v) is 8.58. The second kappa shape index (κ2) is 5.26. The number of aromatic nitrogens is 1. The van der Waals surface area contributed by atoms with E-state index < -0.39 is 0 Å². The van der Waals surface area contributed by atoms with E-state index in [0.717, 1.165) is 39.4 Å². The highest BCUT2D eigenvalue weighted by Gasteiger charge is 2.23. The number of fused-ring (bicyclic) bond motifs is 1. The molecule has 106 valence electrons. The number of aryl methyl sites for hydroxylation is 2. The lowest BCUT2D eigenvalue weighted by Crippen LogP contribution is -2.34. The number of thioether (sulfide) groups is 1. The molecule has 2 aromatic rings. The summed E-state index contributed by atoms with van der Waals surface area (Å²) in [5.74, 6) is 2.05. The van der Waals surface area contributed by atoms with Crippen LogP contribution in [0, 0.1) is 13.8 Å². The number of anilines is 1. The Morgan fingerprint density at radius 3 is 3.00 bits per heavy atom. The van der Waals surface area contributed by atoms with E-state index in [4.69, 9.17) is 5.73 Å². The van der Waals surface area contributed by atoms with Crippen LogP contribution in [0.2, 0.25) is 0 Å². The summed E-state index contributed by atoms with van der Waals surface area (Å²) in [4.78, 5) is 18.3. The Kier molecular flexibility index (Phi) is 3.60. The van der Waals surface area contributed by atoms with E-state index in [2.05, 4.69) is 10.3 Å². The molecular formula is C14H17N3OS2. The molecule has 0 radical (unpaired) electrons. The number of rotatable bonds is 2. The van der Waals surface area contributed by atoms with Crippen molar-refractivity contribution in [3.63, 3.8) is 0 Å². The van der Waals surface area contributed by atoms with Gasteiger partial charge in [0, 0.05) is 22.9 Å². The normalized spacial score (nSPS) is 18.6. The van der Waals surface area contributed by atoms with Crippen molar-refractivity contribution in [2.24, 2.45) is 0 Å². The molecule has 3 N–H and O–H groups in total. The average molecular weight is 307 g/mol. The highest BCUT2D eigenvalue weighted by molar-refractivity contribution is 7.99. The highest BCUT2D eigenvalue weighted by atomic mass is 32.2. The minimum absolute atomic E-state index is 0.0601. The van der Waals surface area contributed by atoms with Gasteiger partial charge in [-0.15, -0.1) is 11.3 Å². The quantitative estimate of drug-likeness (QED) is 0.895. The largest absolute Gasteiger partial charge is 0.397 e. The molecule has 6 heteroatoms. The minimum Gasteiger partial charge on any atom is -0.397 e. The van der Waals surface area contributed by atoms with Crippen molar-refractivity contribution in [2.45, 2.75) is 26.3 Å². The van der Waals surface area contributed by atoms with Crippen LogP contribution in [0.3, 0.4) is 0 Å². The second-order valence-electron chi connectivity index (χ2n) is 5.14. The number of hydrogen-bond acceptors (Lipinski definition) is 5. The van der Waals surface area contributed by atoms with E-state index in [-0.39, 0.29) is 11.9 Å². The van der Waals surface area contributed by atoms with E-state index in [1.54, 1.807) is 0 Å². The third-order valence-corrected chi connectivity index (χ3v) is 5.76. The van der Waals surface area contributed by atoms with Crippen molar-refractivity contribution in [1.82, 2.24) is 10.3 Å². The van der Waals surface area contributed by atoms with E-state index in [9.17, 15) is 4.79 Å². The first-order chi connectivity index (χ1) is 9.56. The fraction of sp³-hybridized carbons (Fsp3) is 0.429. The zero-order valence-corrected chi connectivity index (χ0v) is 13.2. The van der Waals surface area contributed by atoms with E-state index >= 15 is 0 Å². The molecule has 1 saturated heterocycles. The number of nitrogens with zero attached hydrogens (tertiary/aromatic N) is 1. The summed E-state index contributed by atoms with van der Waals surface area (Å²) in [5, 5.41) is 4.00. The van der Waals surface area contributed by atoms with Gasteiger partial charge in [-0.05, 0) is 37.7 Å². The second-order valence-corrected chi connectivity index (χ2v) is 7.29. The molecule has 1 unspecified atom stereocenters. The van der Waals surface area contributed by atoms with Gasteiger partial charge in [0.15, 0.2) is 0 Å². The predicted octanol–water partition coefficient (Wildman–Crippen LogP) is 2.73. The van der Waals surface area contributed by atoms with Gasteiger partial charge in [-0.3, -0.25) is 4.79 Å². The lowest BCUT2D eigenvalue weighted by Gasteiger charge is -2.10. The Bertz CT molecular complexity index is 675. The van der Waals surface area contributed by atoms with Crippen LogP contribution in [0.5, 0.6) is 0 Å². The number of nitrogens with two attached hydrogens (primary N) is 1. The van der Waals surface area contributed by atoms with Crippen molar-refractivity contribution < 1.29 is 4.79 Å². The number of nitrogens with one attached hydrogen (secondary N) is 1. The molecular weight excluding hydrogens is 290 g/mol. The van der Waals surface area contributed by atoms with Crippen LogP contribution in [-0.4, -0.2) is 28.4 Å². The lowest BCUT2D eigenvalue weighted by molar-refractivity contribution is 0.0946. The maximum absolute atomic E-state index is 12.4. The summed E-state index contributed by atoms with van der Waals surface area (Å²) >= 11 is 3.27. The molecule has 0 aliphatic carbocycles. The van der Waals surface area contributed by atoms with Crippen molar-refractivity contribution in [1.29, 1.82) is 0 Å². The Balaban J connectivity index is 1.97. The van der Waals surface area contributed by atoms with Crippen LogP contribution in [0.15, 0.2) is 6.07 Å². The number of nitrogen functional groups attached to an aromatic ring is 1. The van der Waals surface area contributed by atoms with Crippen LogP contribution < -0.4 is 11.1 Å². The fourth-order valence-electron chi connectivity index (χ4n) is 2.54. The zero-order valence-electron chi connectivity index (χ0n) is 11.5. The molecule has 1 atom stereocenters. The van der Waals surface area contributed by atoms with Gasteiger partial charge in [-0.1, -0.05) is 0 Å². The zero-order chi connectivity index (χ0) is 14.3. The fourth-order valence-corrected chi connectivity index (χ4v) is 4.81. The van der Waals surface area contributed by atoms with Gasteiger partial charge in [-0.2, -0.15) is 11.8 Å². The van der Waals surface area contributed by atoms with E-state index in [0.29, 0.717) is 10.6 Å². The summed E-state index contributed by atoms with van der Waals surface area (Å²) in [7, 11) is 0. The minimum atomic E-state index is -0.0601. The highest BCUT2D eigenvalue weighted by Crippen LogP contribution is 2.35. The van der Waals surface area contributed by atoms with Gasteiger partial charge in [0.1, 0.15) is 9.71 Å². The molecule has 2 aromatic heterocycles. The first-order valence-electron chi connectivity index (χ1n) is 6.61. The average Bonchev–Trinajstić information content (AvgIpc) is 2.97. The third-order valence-electron chi connectivity index (χ3n) is 3.50. The molecule has 4 nitrogen and oxygen atoms in total. The molecule has 0 bridgehead atoms. The van der Waals surface area contributed by atoms with Gasteiger partial charge in [-0.25, -0.2) is 4.98 Å². The molecule has 3 rings (SSSR count). The number of carbonyl (C=O) groups excluding carboxylic acids is 1. The first kappa shape index (κ1) is 13.7.